The molecule has 1 fully saturated rings. The van der Waals surface area contributed by atoms with Gasteiger partial charge in [-0.25, -0.2) is 4.98 Å². The van der Waals surface area contributed by atoms with Gasteiger partial charge in [-0.1, -0.05) is 31.2 Å². The summed E-state index contributed by atoms with van der Waals surface area (Å²) < 4.78 is 0. The molecule has 0 bridgehead atoms. The molecule has 26 heavy (non-hydrogen) atoms. The van der Waals surface area contributed by atoms with Crippen LogP contribution in [0.1, 0.15) is 65.5 Å². The molecule has 1 atom stereocenters. The normalized spacial score (nSPS) is 16.5. The van der Waals surface area contributed by atoms with Crippen LogP contribution >= 0.6 is 0 Å². The number of piperidine rings is 1. The van der Waals surface area contributed by atoms with Gasteiger partial charge in [-0.15, -0.1) is 0 Å². The van der Waals surface area contributed by atoms with E-state index in [-0.39, 0.29) is 17.7 Å². The molecule has 2 amide bonds. The molecule has 138 valence electrons. The van der Waals surface area contributed by atoms with Gasteiger partial charge in [0, 0.05) is 25.4 Å². The van der Waals surface area contributed by atoms with Crippen LogP contribution in [0, 0.1) is 6.92 Å². The molecule has 6 nitrogen and oxygen atoms in total. The third kappa shape index (κ3) is 3.95. The van der Waals surface area contributed by atoms with Crippen molar-refractivity contribution in [2.24, 2.45) is 5.73 Å². The van der Waals surface area contributed by atoms with E-state index in [1.54, 1.807) is 0 Å². The third-order valence-corrected chi connectivity index (χ3v) is 5.30. The van der Waals surface area contributed by atoms with E-state index in [1.807, 2.05) is 17.0 Å². The average Bonchev–Trinajstić information content (AvgIpc) is 3.12. The molecule has 1 saturated heterocycles. The van der Waals surface area contributed by atoms with E-state index in [4.69, 9.17) is 5.73 Å². The molecule has 0 spiro atoms. The monoisotopic (exact) mass is 354 g/mol. The van der Waals surface area contributed by atoms with Crippen LogP contribution in [-0.4, -0.2) is 39.8 Å². The summed E-state index contributed by atoms with van der Waals surface area (Å²) in [5, 5.41) is 0. The third-order valence-electron chi connectivity index (χ3n) is 5.30. The SMILES string of the molecule is Cc1ccccc1C(C)CC(=O)N1CCC(c2ncc(C(N)=O)[nH]2)CC1. The smallest absolute Gasteiger partial charge is 0.266 e. The van der Waals surface area contributed by atoms with Crippen LogP contribution in [-0.2, 0) is 4.79 Å². The van der Waals surface area contributed by atoms with Gasteiger partial charge in [-0.2, -0.15) is 0 Å². The number of H-pyrrole nitrogens is 1. The minimum Gasteiger partial charge on any atom is -0.364 e. The number of carbonyl (C=O) groups excluding carboxylic acids is 2. The van der Waals surface area contributed by atoms with Gasteiger partial charge >= 0.3 is 0 Å². The average molecular weight is 354 g/mol. The molecule has 0 radical (unpaired) electrons. The Hall–Kier alpha value is -2.63. The summed E-state index contributed by atoms with van der Waals surface area (Å²) >= 11 is 0. The lowest BCUT2D eigenvalue weighted by molar-refractivity contribution is -0.132. The Morgan fingerprint density at radius 2 is 2.00 bits per heavy atom. The zero-order chi connectivity index (χ0) is 18.7. The van der Waals surface area contributed by atoms with Gasteiger partial charge in [-0.3, -0.25) is 9.59 Å². The highest BCUT2D eigenvalue weighted by Crippen LogP contribution is 2.28. The number of primary amides is 1. The molecule has 6 heteroatoms. The standard InChI is InChI=1S/C20H26N4O2/c1-13-5-3-4-6-16(13)14(2)11-18(25)24-9-7-15(8-10-24)20-22-12-17(23-20)19(21)26/h3-6,12,14-15H,7-11H2,1-2H3,(H2,21,26)(H,22,23). The van der Waals surface area contributed by atoms with Gasteiger partial charge in [0.15, 0.2) is 0 Å². The second-order valence-corrected chi connectivity index (χ2v) is 7.16. The maximum Gasteiger partial charge on any atom is 0.266 e. The number of aromatic amines is 1. The fourth-order valence-corrected chi connectivity index (χ4v) is 3.71. The molecule has 2 heterocycles. The summed E-state index contributed by atoms with van der Waals surface area (Å²) in [5.41, 5.74) is 8.07. The molecule has 1 aromatic heterocycles. The number of nitrogens with one attached hydrogen (secondary N) is 1. The number of carbonyl (C=O) groups is 2. The van der Waals surface area contributed by atoms with Crippen LogP contribution in [0.4, 0.5) is 0 Å². The zero-order valence-corrected chi connectivity index (χ0v) is 15.4. The quantitative estimate of drug-likeness (QED) is 0.865. The molecule has 3 rings (SSSR count). The minimum absolute atomic E-state index is 0.205. The molecule has 2 aromatic rings. The van der Waals surface area contributed by atoms with Crippen molar-refractivity contribution in [1.29, 1.82) is 0 Å². The van der Waals surface area contributed by atoms with Gasteiger partial charge in [0.1, 0.15) is 11.5 Å². The highest BCUT2D eigenvalue weighted by Gasteiger charge is 2.27. The number of imidazole rings is 1. The van der Waals surface area contributed by atoms with E-state index in [0.29, 0.717) is 12.1 Å². The second-order valence-electron chi connectivity index (χ2n) is 7.16. The molecular weight excluding hydrogens is 328 g/mol. The van der Waals surface area contributed by atoms with Crippen molar-refractivity contribution in [2.45, 2.75) is 44.9 Å². The first-order valence-electron chi connectivity index (χ1n) is 9.13. The van der Waals surface area contributed by atoms with Crippen molar-refractivity contribution in [3.8, 4) is 0 Å². The summed E-state index contributed by atoms with van der Waals surface area (Å²) in [6.07, 6.45) is 3.70. The number of hydrogen-bond acceptors (Lipinski definition) is 3. The lowest BCUT2D eigenvalue weighted by atomic mass is 9.92. The Balaban J connectivity index is 1.55. The Morgan fingerprint density at radius 3 is 2.62 bits per heavy atom. The number of nitrogens with two attached hydrogens (primary N) is 1. The van der Waals surface area contributed by atoms with Crippen molar-refractivity contribution >= 4 is 11.8 Å². The lowest BCUT2D eigenvalue weighted by Crippen LogP contribution is -2.38. The summed E-state index contributed by atoms with van der Waals surface area (Å²) in [6.45, 7) is 5.64. The van der Waals surface area contributed by atoms with Crippen LogP contribution in [0.5, 0.6) is 0 Å². The van der Waals surface area contributed by atoms with E-state index >= 15 is 0 Å². The Kier molecular flexibility index (Phi) is 5.40. The van der Waals surface area contributed by atoms with Gasteiger partial charge in [0.2, 0.25) is 5.91 Å². The molecule has 1 aliphatic rings. The fraction of sp³-hybridized carbons (Fsp3) is 0.450. The second kappa shape index (κ2) is 7.72. The number of aryl methyl sites for hydroxylation is 1. The van der Waals surface area contributed by atoms with Gasteiger partial charge < -0.3 is 15.6 Å². The number of benzene rings is 1. The highest BCUT2D eigenvalue weighted by atomic mass is 16.2. The lowest BCUT2D eigenvalue weighted by Gasteiger charge is -2.32. The minimum atomic E-state index is -0.499. The molecule has 1 unspecified atom stereocenters. The van der Waals surface area contributed by atoms with Crippen LogP contribution in [0.2, 0.25) is 0 Å². The van der Waals surface area contributed by atoms with Crippen molar-refractivity contribution in [2.75, 3.05) is 13.1 Å². The predicted octanol–water partition coefficient (Wildman–Crippen LogP) is 2.72. The Morgan fingerprint density at radius 1 is 1.31 bits per heavy atom. The number of hydrogen-bond donors (Lipinski definition) is 2. The van der Waals surface area contributed by atoms with Crippen molar-refractivity contribution in [3.05, 3.63) is 53.1 Å². The fourth-order valence-electron chi connectivity index (χ4n) is 3.71. The summed E-state index contributed by atoms with van der Waals surface area (Å²) in [6, 6.07) is 8.24. The van der Waals surface area contributed by atoms with Gasteiger partial charge in [0.05, 0.1) is 6.20 Å². The van der Waals surface area contributed by atoms with Gasteiger partial charge in [0.25, 0.3) is 5.91 Å². The first kappa shape index (κ1) is 18.2. The predicted molar refractivity (Wildman–Crippen MR) is 99.9 cm³/mol. The van der Waals surface area contributed by atoms with Crippen molar-refractivity contribution in [3.63, 3.8) is 0 Å². The number of aromatic nitrogens is 2. The van der Waals surface area contributed by atoms with Crippen LogP contribution in [0.15, 0.2) is 30.5 Å². The Labute approximate surface area is 153 Å². The first-order valence-corrected chi connectivity index (χ1v) is 9.13. The van der Waals surface area contributed by atoms with Crippen LogP contribution in [0.25, 0.3) is 0 Å². The van der Waals surface area contributed by atoms with E-state index in [1.165, 1.54) is 17.3 Å². The molecular formula is C20H26N4O2. The van der Waals surface area contributed by atoms with Crippen molar-refractivity contribution in [1.82, 2.24) is 14.9 Å². The van der Waals surface area contributed by atoms with E-state index in [2.05, 4.69) is 35.9 Å². The number of likely N-dealkylation sites (tertiary alicyclic amines) is 1. The van der Waals surface area contributed by atoms with Crippen LogP contribution in [0.3, 0.4) is 0 Å². The highest BCUT2D eigenvalue weighted by molar-refractivity contribution is 5.90. The topological polar surface area (TPSA) is 92.1 Å². The molecule has 3 N–H and O–H groups in total. The molecule has 0 aliphatic carbocycles. The molecule has 1 aromatic carbocycles. The molecule has 1 aliphatic heterocycles. The number of rotatable bonds is 5. The van der Waals surface area contributed by atoms with E-state index in [0.717, 1.165) is 31.8 Å². The Bertz CT molecular complexity index is 791. The summed E-state index contributed by atoms with van der Waals surface area (Å²) in [7, 11) is 0. The summed E-state index contributed by atoms with van der Waals surface area (Å²) in [4.78, 5) is 33.1. The number of amides is 2. The van der Waals surface area contributed by atoms with E-state index in [9.17, 15) is 9.59 Å². The zero-order valence-electron chi connectivity index (χ0n) is 15.4. The van der Waals surface area contributed by atoms with E-state index < -0.39 is 5.91 Å². The first-order chi connectivity index (χ1) is 12.5. The number of nitrogens with zero attached hydrogens (tertiary/aromatic N) is 2. The maximum absolute atomic E-state index is 12.7. The largest absolute Gasteiger partial charge is 0.364 e. The maximum atomic E-state index is 12.7. The van der Waals surface area contributed by atoms with Crippen LogP contribution < -0.4 is 5.73 Å². The molecule has 0 saturated carbocycles. The van der Waals surface area contributed by atoms with Gasteiger partial charge in [-0.05, 0) is 36.8 Å². The van der Waals surface area contributed by atoms with Crippen molar-refractivity contribution < 1.29 is 9.59 Å². The summed E-state index contributed by atoms with van der Waals surface area (Å²) in [5.74, 6) is 0.947.